The van der Waals surface area contributed by atoms with Crippen molar-refractivity contribution in [2.75, 3.05) is 0 Å². The second-order valence-electron chi connectivity index (χ2n) is 5.78. The van der Waals surface area contributed by atoms with Gasteiger partial charge in [0.15, 0.2) is 0 Å². The molecule has 18 heavy (non-hydrogen) atoms. The summed E-state index contributed by atoms with van der Waals surface area (Å²) in [5.41, 5.74) is 1.41. The summed E-state index contributed by atoms with van der Waals surface area (Å²) < 4.78 is 0. The predicted octanol–water partition coefficient (Wildman–Crippen LogP) is 4.70. The molecule has 0 saturated heterocycles. The van der Waals surface area contributed by atoms with Gasteiger partial charge in [-0.1, -0.05) is 56.5 Å². The second kappa shape index (κ2) is 6.94. The van der Waals surface area contributed by atoms with Crippen LogP contribution in [-0.4, -0.2) is 6.04 Å². The van der Waals surface area contributed by atoms with Crippen LogP contribution in [0.15, 0.2) is 30.3 Å². The van der Waals surface area contributed by atoms with Crippen LogP contribution in [0.2, 0.25) is 0 Å². The van der Waals surface area contributed by atoms with E-state index in [1.54, 1.807) is 0 Å². The molecule has 1 N–H and O–H groups in total. The van der Waals surface area contributed by atoms with Crippen LogP contribution in [0.4, 0.5) is 0 Å². The van der Waals surface area contributed by atoms with Gasteiger partial charge in [0, 0.05) is 12.1 Å². The van der Waals surface area contributed by atoms with Crippen LogP contribution in [0.5, 0.6) is 0 Å². The van der Waals surface area contributed by atoms with Gasteiger partial charge in [0.1, 0.15) is 0 Å². The van der Waals surface area contributed by atoms with Gasteiger partial charge >= 0.3 is 0 Å². The lowest BCUT2D eigenvalue weighted by molar-refractivity contribution is 0.400. The summed E-state index contributed by atoms with van der Waals surface area (Å²) in [4.78, 5) is 0. The van der Waals surface area contributed by atoms with Crippen molar-refractivity contribution in [1.82, 2.24) is 5.32 Å². The van der Waals surface area contributed by atoms with Crippen LogP contribution in [-0.2, 0) is 0 Å². The van der Waals surface area contributed by atoms with Gasteiger partial charge in [-0.15, -0.1) is 0 Å². The predicted molar refractivity (Wildman–Crippen MR) is 78.6 cm³/mol. The molecular formula is C17H27N. The van der Waals surface area contributed by atoms with Crippen molar-refractivity contribution in [2.24, 2.45) is 5.92 Å². The molecule has 1 aliphatic carbocycles. The second-order valence-corrected chi connectivity index (χ2v) is 5.78. The van der Waals surface area contributed by atoms with Crippen molar-refractivity contribution in [3.05, 3.63) is 35.9 Å². The molecule has 2 unspecified atom stereocenters. The van der Waals surface area contributed by atoms with E-state index in [-0.39, 0.29) is 0 Å². The maximum atomic E-state index is 3.82. The molecular weight excluding hydrogens is 218 g/mol. The summed E-state index contributed by atoms with van der Waals surface area (Å²) >= 11 is 0. The Morgan fingerprint density at radius 1 is 1.11 bits per heavy atom. The highest BCUT2D eigenvalue weighted by molar-refractivity contribution is 5.18. The molecule has 0 heterocycles. The highest BCUT2D eigenvalue weighted by atomic mass is 14.9. The zero-order valence-electron chi connectivity index (χ0n) is 11.9. The van der Waals surface area contributed by atoms with Crippen LogP contribution in [0.1, 0.15) is 64.0 Å². The van der Waals surface area contributed by atoms with Crippen LogP contribution in [0.3, 0.4) is 0 Å². The van der Waals surface area contributed by atoms with Crippen LogP contribution in [0, 0.1) is 5.92 Å². The fraction of sp³-hybridized carbons (Fsp3) is 0.647. The Balaban J connectivity index is 1.86. The third kappa shape index (κ3) is 3.84. The molecule has 1 aliphatic rings. The standard InChI is InChI=1S/C17H27N/c1-3-15-8-7-11-17(13-12-15)18-14(2)16-9-5-4-6-10-16/h4-6,9-10,14-15,17-18H,3,7-8,11-13H2,1-2H3/t14-,15?,17?/m0/s1. The monoisotopic (exact) mass is 245 g/mol. The van der Waals surface area contributed by atoms with E-state index in [9.17, 15) is 0 Å². The van der Waals surface area contributed by atoms with E-state index in [1.165, 1.54) is 44.1 Å². The van der Waals surface area contributed by atoms with E-state index in [0.717, 1.165) is 12.0 Å². The molecule has 0 amide bonds. The Bertz CT molecular complexity index is 333. The van der Waals surface area contributed by atoms with E-state index in [0.29, 0.717) is 6.04 Å². The Kier molecular flexibility index (Phi) is 5.25. The molecule has 1 aromatic carbocycles. The van der Waals surface area contributed by atoms with Gasteiger partial charge in [0.05, 0.1) is 0 Å². The number of benzene rings is 1. The largest absolute Gasteiger partial charge is 0.307 e. The molecule has 0 aromatic heterocycles. The van der Waals surface area contributed by atoms with E-state index in [1.807, 2.05) is 0 Å². The van der Waals surface area contributed by atoms with E-state index in [2.05, 4.69) is 49.5 Å². The Morgan fingerprint density at radius 3 is 2.61 bits per heavy atom. The van der Waals surface area contributed by atoms with E-state index < -0.39 is 0 Å². The Labute approximate surface area is 112 Å². The minimum absolute atomic E-state index is 0.481. The number of rotatable bonds is 4. The SMILES string of the molecule is CCC1CCCC(N[C@@H](C)c2ccccc2)CC1. The fourth-order valence-corrected chi connectivity index (χ4v) is 3.14. The average Bonchev–Trinajstić information content (AvgIpc) is 2.65. The highest BCUT2D eigenvalue weighted by Crippen LogP contribution is 2.26. The lowest BCUT2D eigenvalue weighted by atomic mass is 9.97. The topological polar surface area (TPSA) is 12.0 Å². The first kappa shape index (κ1) is 13.6. The molecule has 3 atom stereocenters. The summed E-state index contributed by atoms with van der Waals surface area (Å²) in [5, 5.41) is 3.82. The smallest absolute Gasteiger partial charge is 0.0294 e. The lowest BCUT2D eigenvalue weighted by Crippen LogP contribution is -2.31. The lowest BCUT2D eigenvalue weighted by Gasteiger charge is -2.22. The van der Waals surface area contributed by atoms with Crippen LogP contribution >= 0.6 is 0 Å². The fourth-order valence-electron chi connectivity index (χ4n) is 3.14. The molecule has 1 aromatic rings. The van der Waals surface area contributed by atoms with Gasteiger partial charge < -0.3 is 5.32 Å². The third-order valence-electron chi connectivity index (χ3n) is 4.45. The molecule has 100 valence electrons. The molecule has 1 heteroatoms. The molecule has 2 rings (SSSR count). The van der Waals surface area contributed by atoms with Gasteiger partial charge in [-0.05, 0) is 37.7 Å². The summed E-state index contributed by atoms with van der Waals surface area (Å²) in [6.45, 7) is 4.63. The Morgan fingerprint density at radius 2 is 1.89 bits per heavy atom. The van der Waals surface area contributed by atoms with Crippen molar-refractivity contribution >= 4 is 0 Å². The van der Waals surface area contributed by atoms with Crippen molar-refractivity contribution in [3.8, 4) is 0 Å². The Hall–Kier alpha value is -0.820. The minimum Gasteiger partial charge on any atom is -0.307 e. The molecule has 1 saturated carbocycles. The average molecular weight is 245 g/mol. The minimum atomic E-state index is 0.481. The zero-order chi connectivity index (χ0) is 12.8. The van der Waals surface area contributed by atoms with Crippen molar-refractivity contribution < 1.29 is 0 Å². The summed E-state index contributed by atoms with van der Waals surface area (Å²) in [7, 11) is 0. The molecule has 0 bridgehead atoms. The van der Waals surface area contributed by atoms with Crippen molar-refractivity contribution in [3.63, 3.8) is 0 Å². The summed E-state index contributed by atoms with van der Waals surface area (Å²) in [5.74, 6) is 0.976. The molecule has 1 fully saturated rings. The maximum Gasteiger partial charge on any atom is 0.0294 e. The van der Waals surface area contributed by atoms with Gasteiger partial charge in [-0.25, -0.2) is 0 Å². The van der Waals surface area contributed by atoms with E-state index >= 15 is 0 Å². The van der Waals surface area contributed by atoms with Crippen molar-refractivity contribution in [2.45, 2.75) is 64.5 Å². The highest BCUT2D eigenvalue weighted by Gasteiger charge is 2.19. The quantitative estimate of drug-likeness (QED) is 0.758. The third-order valence-corrected chi connectivity index (χ3v) is 4.45. The molecule has 0 spiro atoms. The zero-order valence-corrected chi connectivity index (χ0v) is 11.9. The summed E-state index contributed by atoms with van der Waals surface area (Å²) in [6, 6.07) is 12.0. The summed E-state index contributed by atoms with van der Waals surface area (Å²) in [6.07, 6.45) is 8.33. The number of hydrogen-bond donors (Lipinski definition) is 1. The molecule has 1 nitrogen and oxygen atoms in total. The van der Waals surface area contributed by atoms with Gasteiger partial charge in [0.2, 0.25) is 0 Å². The normalized spacial score (nSPS) is 26.6. The number of nitrogens with one attached hydrogen (secondary N) is 1. The van der Waals surface area contributed by atoms with Gasteiger partial charge in [-0.3, -0.25) is 0 Å². The first-order valence-corrected chi connectivity index (χ1v) is 7.60. The molecule has 0 radical (unpaired) electrons. The molecule has 0 aliphatic heterocycles. The van der Waals surface area contributed by atoms with Gasteiger partial charge in [0.25, 0.3) is 0 Å². The van der Waals surface area contributed by atoms with Crippen molar-refractivity contribution in [1.29, 1.82) is 0 Å². The first-order valence-electron chi connectivity index (χ1n) is 7.60. The first-order chi connectivity index (χ1) is 8.79. The van der Waals surface area contributed by atoms with Gasteiger partial charge in [-0.2, -0.15) is 0 Å². The van der Waals surface area contributed by atoms with Crippen LogP contribution in [0.25, 0.3) is 0 Å². The number of hydrogen-bond acceptors (Lipinski definition) is 1. The maximum absolute atomic E-state index is 3.82. The van der Waals surface area contributed by atoms with Crippen LogP contribution < -0.4 is 5.32 Å². The van der Waals surface area contributed by atoms with E-state index in [4.69, 9.17) is 0 Å².